The number of aromatic nitrogens is 1. The molecule has 52 heavy (non-hydrogen) atoms. The molecule has 4 aliphatic carbocycles. The van der Waals surface area contributed by atoms with Gasteiger partial charge in [-0.25, -0.2) is 0 Å². The van der Waals surface area contributed by atoms with Crippen LogP contribution in [0.2, 0.25) is 0 Å². The van der Waals surface area contributed by atoms with Crippen molar-refractivity contribution in [2.24, 2.45) is 0 Å². The van der Waals surface area contributed by atoms with Gasteiger partial charge in [0, 0.05) is 33.2 Å². The largest absolute Gasteiger partial charge is 0.256 e. The van der Waals surface area contributed by atoms with E-state index in [0.29, 0.717) is 0 Å². The molecule has 2 spiro atoms. The highest BCUT2D eigenvalue weighted by Crippen LogP contribution is 2.60. The molecule has 1 heterocycles. The van der Waals surface area contributed by atoms with E-state index in [4.69, 9.17) is 4.98 Å². The Hall–Kier alpha value is -5.53. The minimum atomic E-state index is 0.120. The van der Waals surface area contributed by atoms with Crippen molar-refractivity contribution in [3.05, 3.63) is 162 Å². The first-order valence-electron chi connectivity index (χ1n) is 19.5. The van der Waals surface area contributed by atoms with Crippen molar-refractivity contribution in [2.75, 3.05) is 0 Å². The standard InChI is InChI=1S/C51H39N/c1-2-16-39-38(15-1)47(32-21-23-36-34-13-3-6-18-42(34)50(44(36)29-32)25-9-10-26-50)41-31-52-46-20-8-5-17-40(46)49(41)48(39)33-22-24-37-35-14-4-7-19-43(35)51(45(37)30-33)27-11-12-28-51/h1-8,13-24,29-31H,9-12,25-28H2. The molecule has 0 atom stereocenters. The second kappa shape index (κ2) is 10.5. The maximum Gasteiger partial charge on any atom is 0.0708 e. The van der Waals surface area contributed by atoms with Gasteiger partial charge in [0.1, 0.15) is 0 Å². The highest BCUT2D eigenvalue weighted by Gasteiger charge is 2.46. The Balaban J connectivity index is 1.16. The van der Waals surface area contributed by atoms with E-state index >= 15 is 0 Å². The third kappa shape index (κ3) is 3.66. The summed E-state index contributed by atoms with van der Waals surface area (Å²) < 4.78 is 0. The SMILES string of the molecule is c1ccc2c(c1)-c1ccc(-c3c4ccccc4c(-c4ccc5c(c4)C4(CCCC4)c4ccccc4-5)c4c3cnc3ccccc34)cc1C21CCCC1. The number of rotatable bonds is 2. The van der Waals surface area contributed by atoms with Crippen LogP contribution in [0, 0.1) is 0 Å². The summed E-state index contributed by atoms with van der Waals surface area (Å²) in [5, 5.41) is 6.40. The van der Waals surface area contributed by atoms with Crippen LogP contribution in [0.25, 0.3) is 77.0 Å². The predicted molar refractivity (Wildman–Crippen MR) is 217 cm³/mol. The van der Waals surface area contributed by atoms with Gasteiger partial charge in [0.15, 0.2) is 0 Å². The van der Waals surface area contributed by atoms with Gasteiger partial charge in [0.05, 0.1) is 5.52 Å². The van der Waals surface area contributed by atoms with Crippen LogP contribution in [-0.4, -0.2) is 4.98 Å². The molecule has 0 radical (unpaired) electrons. The van der Waals surface area contributed by atoms with Crippen LogP contribution in [0.5, 0.6) is 0 Å². The topological polar surface area (TPSA) is 12.9 Å². The van der Waals surface area contributed by atoms with E-state index in [1.54, 1.807) is 0 Å². The molecule has 0 amide bonds. The Morgan fingerprint density at radius 3 is 1.44 bits per heavy atom. The van der Waals surface area contributed by atoms with Crippen molar-refractivity contribution >= 4 is 32.4 Å². The first kappa shape index (κ1) is 29.1. The number of fused-ring (bicyclic) bond motifs is 14. The number of pyridine rings is 1. The van der Waals surface area contributed by atoms with Gasteiger partial charge in [-0.15, -0.1) is 0 Å². The van der Waals surface area contributed by atoms with E-state index in [9.17, 15) is 0 Å². The normalized spacial score (nSPS) is 17.3. The number of para-hydroxylation sites is 1. The minimum absolute atomic E-state index is 0.120. The van der Waals surface area contributed by atoms with E-state index in [-0.39, 0.29) is 10.8 Å². The fourth-order valence-corrected chi connectivity index (χ4v) is 11.7. The summed E-state index contributed by atoms with van der Waals surface area (Å²) in [5.41, 5.74) is 18.4. The average molecular weight is 666 g/mol. The molecule has 0 bridgehead atoms. The summed E-state index contributed by atoms with van der Waals surface area (Å²) in [7, 11) is 0. The maximum absolute atomic E-state index is 5.16. The number of benzene rings is 7. The van der Waals surface area contributed by atoms with Crippen molar-refractivity contribution in [1.82, 2.24) is 4.98 Å². The lowest BCUT2D eigenvalue weighted by Crippen LogP contribution is -2.20. The molecule has 0 saturated heterocycles. The lowest BCUT2D eigenvalue weighted by atomic mass is 9.75. The third-order valence-corrected chi connectivity index (χ3v) is 13.8. The minimum Gasteiger partial charge on any atom is -0.256 e. The summed E-state index contributed by atoms with van der Waals surface area (Å²) in [5.74, 6) is 0. The fraction of sp³-hybridized carbons (Fsp3) is 0.196. The van der Waals surface area contributed by atoms with Crippen LogP contribution in [0.1, 0.15) is 73.6 Å². The van der Waals surface area contributed by atoms with E-state index in [0.717, 1.165) is 5.52 Å². The highest BCUT2D eigenvalue weighted by atomic mass is 14.7. The average Bonchev–Trinajstić information content (AvgIpc) is 4.01. The van der Waals surface area contributed by atoms with Crippen LogP contribution >= 0.6 is 0 Å². The Bertz CT molecular complexity index is 2810. The van der Waals surface area contributed by atoms with Crippen molar-refractivity contribution in [2.45, 2.75) is 62.2 Å². The zero-order valence-electron chi connectivity index (χ0n) is 29.4. The molecule has 2 fully saturated rings. The van der Waals surface area contributed by atoms with Crippen LogP contribution in [0.3, 0.4) is 0 Å². The van der Waals surface area contributed by atoms with E-state index in [2.05, 4.69) is 140 Å². The summed E-state index contributed by atoms with van der Waals surface area (Å²) in [6.07, 6.45) is 12.3. The molecule has 1 aromatic heterocycles. The van der Waals surface area contributed by atoms with Gasteiger partial charge in [-0.05, 0) is 121 Å². The highest BCUT2D eigenvalue weighted by molar-refractivity contribution is 6.27. The lowest BCUT2D eigenvalue weighted by molar-refractivity contribution is 0.550. The summed E-state index contributed by atoms with van der Waals surface area (Å²) >= 11 is 0. The van der Waals surface area contributed by atoms with Gasteiger partial charge in [0.25, 0.3) is 0 Å². The van der Waals surface area contributed by atoms with Crippen molar-refractivity contribution in [3.8, 4) is 44.5 Å². The van der Waals surface area contributed by atoms with Gasteiger partial charge < -0.3 is 0 Å². The van der Waals surface area contributed by atoms with Gasteiger partial charge in [-0.3, -0.25) is 4.98 Å². The molecule has 4 aliphatic rings. The number of hydrogen-bond acceptors (Lipinski definition) is 1. The van der Waals surface area contributed by atoms with Crippen molar-refractivity contribution in [3.63, 3.8) is 0 Å². The van der Waals surface area contributed by atoms with Crippen LogP contribution in [0.4, 0.5) is 0 Å². The fourth-order valence-electron chi connectivity index (χ4n) is 11.7. The van der Waals surface area contributed by atoms with Gasteiger partial charge in [0.2, 0.25) is 0 Å². The van der Waals surface area contributed by atoms with Crippen LogP contribution in [-0.2, 0) is 10.8 Å². The summed E-state index contributed by atoms with van der Waals surface area (Å²) in [6, 6.07) is 51.3. The Morgan fingerprint density at radius 1 is 0.385 bits per heavy atom. The molecular weight excluding hydrogens is 627 g/mol. The van der Waals surface area contributed by atoms with E-state index < -0.39 is 0 Å². The molecule has 0 aliphatic heterocycles. The smallest absolute Gasteiger partial charge is 0.0708 e. The van der Waals surface area contributed by atoms with E-state index in [1.807, 2.05) is 0 Å². The summed E-state index contributed by atoms with van der Waals surface area (Å²) in [4.78, 5) is 5.16. The predicted octanol–water partition coefficient (Wildman–Crippen LogP) is 13.6. The maximum atomic E-state index is 5.16. The monoisotopic (exact) mass is 665 g/mol. The Morgan fingerprint density at radius 2 is 0.846 bits per heavy atom. The molecule has 7 aromatic carbocycles. The van der Waals surface area contributed by atoms with Gasteiger partial charge in [-0.1, -0.05) is 141 Å². The molecule has 248 valence electrons. The molecule has 0 unspecified atom stereocenters. The Labute approximate surface area is 305 Å². The Kier molecular flexibility index (Phi) is 5.88. The van der Waals surface area contributed by atoms with Gasteiger partial charge in [-0.2, -0.15) is 0 Å². The number of hydrogen-bond donors (Lipinski definition) is 0. The van der Waals surface area contributed by atoms with Crippen molar-refractivity contribution < 1.29 is 0 Å². The molecule has 1 nitrogen and oxygen atoms in total. The summed E-state index contributed by atoms with van der Waals surface area (Å²) in [6.45, 7) is 0. The van der Waals surface area contributed by atoms with Gasteiger partial charge >= 0.3 is 0 Å². The van der Waals surface area contributed by atoms with Crippen molar-refractivity contribution in [1.29, 1.82) is 0 Å². The zero-order valence-corrected chi connectivity index (χ0v) is 29.4. The second-order valence-corrected chi connectivity index (χ2v) is 16.0. The number of nitrogens with zero attached hydrogens (tertiary/aromatic N) is 1. The quantitative estimate of drug-likeness (QED) is 0.132. The van der Waals surface area contributed by atoms with Crippen LogP contribution in [0.15, 0.2) is 140 Å². The third-order valence-electron chi connectivity index (χ3n) is 13.8. The molecule has 2 saturated carbocycles. The second-order valence-electron chi connectivity index (χ2n) is 16.0. The van der Waals surface area contributed by atoms with E-state index in [1.165, 1.54) is 145 Å². The zero-order chi connectivity index (χ0) is 34.0. The molecule has 1 heteroatoms. The van der Waals surface area contributed by atoms with Crippen LogP contribution < -0.4 is 0 Å². The molecule has 8 aromatic rings. The first-order valence-corrected chi connectivity index (χ1v) is 19.5. The lowest BCUT2D eigenvalue weighted by Gasteiger charge is -2.28. The molecule has 12 rings (SSSR count). The molecular formula is C51H39N. The first-order chi connectivity index (χ1) is 25.8. The molecule has 0 N–H and O–H groups in total.